The highest BCUT2D eigenvalue weighted by molar-refractivity contribution is 7.91. The van der Waals surface area contributed by atoms with E-state index in [1.807, 2.05) is 18.2 Å². The Labute approximate surface area is 105 Å². The fourth-order valence-corrected chi connectivity index (χ4v) is 3.33. The third kappa shape index (κ3) is 2.34. The van der Waals surface area contributed by atoms with E-state index >= 15 is 0 Å². The van der Waals surface area contributed by atoms with Crippen molar-refractivity contribution < 1.29 is 8.42 Å². The first-order valence-corrected chi connectivity index (χ1v) is 7.49. The lowest BCUT2D eigenvalue weighted by molar-refractivity contribution is 0.591. The minimum Gasteiger partial charge on any atom is -0.224 e. The summed E-state index contributed by atoms with van der Waals surface area (Å²) in [5, 5.41) is 5.10. The van der Waals surface area contributed by atoms with E-state index in [0.717, 1.165) is 27.1 Å². The van der Waals surface area contributed by atoms with E-state index in [-0.39, 0.29) is 9.75 Å². The van der Waals surface area contributed by atoms with Crippen LogP contribution < -0.4 is 5.14 Å². The molecule has 2 aromatic rings. The quantitative estimate of drug-likeness (QED) is 0.863. The van der Waals surface area contributed by atoms with Crippen molar-refractivity contribution in [1.82, 2.24) is 4.98 Å². The number of nitrogens with zero attached hydrogens (tertiary/aromatic N) is 1. The molecule has 0 radical (unpaired) electrons. The van der Waals surface area contributed by atoms with E-state index in [9.17, 15) is 8.42 Å². The molecule has 0 bridgehead atoms. The minimum absolute atomic E-state index is 0.0239. The smallest absolute Gasteiger partial charge is 0.224 e. The van der Waals surface area contributed by atoms with Crippen LogP contribution in [0, 0.1) is 0 Å². The Morgan fingerprint density at radius 3 is 2.47 bits per heavy atom. The molecule has 0 saturated carbocycles. The zero-order chi connectivity index (χ0) is 12.8. The molecule has 0 aliphatic carbocycles. The first kappa shape index (κ1) is 12.5. The topological polar surface area (TPSA) is 73.1 Å². The van der Waals surface area contributed by atoms with E-state index < -0.39 is 10.0 Å². The molecule has 1 heterocycles. The lowest BCUT2D eigenvalue weighted by Gasteiger charge is -2.19. The Morgan fingerprint density at radius 1 is 1.29 bits per heavy atom. The van der Waals surface area contributed by atoms with E-state index in [4.69, 9.17) is 5.14 Å². The van der Waals surface area contributed by atoms with Crippen molar-refractivity contribution in [2.24, 2.45) is 5.14 Å². The molecule has 92 valence electrons. The third-order valence-corrected chi connectivity index (χ3v) is 4.79. The monoisotopic (exact) mass is 270 g/mol. The fourth-order valence-electron chi connectivity index (χ4n) is 1.66. The Morgan fingerprint density at radius 2 is 1.94 bits per heavy atom. The number of benzene rings is 1. The molecule has 0 saturated heterocycles. The molecule has 6 heteroatoms. The molecule has 1 aromatic carbocycles. The highest BCUT2D eigenvalue weighted by Crippen LogP contribution is 2.33. The average molecular weight is 270 g/mol. The minimum atomic E-state index is -3.72. The second-order valence-electron chi connectivity index (χ2n) is 4.93. The second-order valence-corrected chi connectivity index (χ2v) is 7.69. The van der Waals surface area contributed by atoms with Crippen LogP contribution in [0.4, 0.5) is 0 Å². The number of sulfonamides is 1. The van der Waals surface area contributed by atoms with Crippen molar-refractivity contribution in [2.75, 3.05) is 0 Å². The van der Waals surface area contributed by atoms with Crippen LogP contribution in [0.3, 0.4) is 0 Å². The van der Waals surface area contributed by atoms with Gasteiger partial charge >= 0.3 is 0 Å². The van der Waals surface area contributed by atoms with Gasteiger partial charge in [0.25, 0.3) is 10.0 Å². The zero-order valence-electron chi connectivity index (χ0n) is 9.89. The number of rotatable bonds is 1. The third-order valence-electron chi connectivity index (χ3n) is 2.45. The summed E-state index contributed by atoms with van der Waals surface area (Å²) in [6.07, 6.45) is 0. The molecule has 0 aliphatic rings. The molecule has 4 nitrogen and oxygen atoms in total. The van der Waals surface area contributed by atoms with Gasteiger partial charge in [-0.2, -0.15) is 0 Å². The molecule has 0 amide bonds. The summed E-state index contributed by atoms with van der Waals surface area (Å²) in [5.74, 6) is 0. The fraction of sp³-hybridized carbons (Fsp3) is 0.364. The van der Waals surface area contributed by atoms with Crippen molar-refractivity contribution in [2.45, 2.75) is 30.5 Å². The predicted octanol–water partition coefficient (Wildman–Crippen LogP) is 2.24. The molecule has 2 rings (SSSR count). The van der Waals surface area contributed by atoms with E-state index in [1.165, 1.54) is 0 Å². The van der Waals surface area contributed by atoms with E-state index in [1.54, 1.807) is 0 Å². The second kappa shape index (κ2) is 3.76. The Hall–Kier alpha value is -0.980. The maximum atomic E-state index is 11.3. The molecule has 0 atom stereocenters. The summed E-state index contributed by atoms with van der Waals surface area (Å²) in [6, 6.07) is 5.74. The van der Waals surface area contributed by atoms with Crippen molar-refractivity contribution in [3.8, 4) is 0 Å². The molecule has 0 unspecified atom stereocenters. The van der Waals surface area contributed by atoms with Crippen LogP contribution in [0.15, 0.2) is 22.5 Å². The van der Waals surface area contributed by atoms with Gasteiger partial charge in [-0.1, -0.05) is 32.9 Å². The summed E-state index contributed by atoms with van der Waals surface area (Å²) < 4.78 is 23.4. The van der Waals surface area contributed by atoms with E-state index in [2.05, 4.69) is 25.8 Å². The maximum absolute atomic E-state index is 11.3. The van der Waals surface area contributed by atoms with Crippen LogP contribution in [0.25, 0.3) is 10.2 Å². The van der Waals surface area contributed by atoms with Crippen LogP contribution in [0.1, 0.15) is 26.3 Å². The van der Waals surface area contributed by atoms with Gasteiger partial charge in [-0.3, -0.25) is 0 Å². The summed E-state index contributed by atoms with van der Waals surface area (Å²) >= 11 is 1.11. The summed E-state index contributed by atoms with van der Waals surface area (Å²) in [7, 11) is -3.72. The van der Waals surface area contributed by atoms with Crippen LogP contribution in [-0.2, 0) is 15.4 Å². The highest BCUT2D eigenvalue weighted by Gasteiger charge is 2.21. The number of fused-ring (bicyclic) bond motifs is 1. The van der Waals surface area contributed by atoms with Crippen molar-refractivity contribution >= 4 is 31.6 Å². The average Bonchev–Trinajstić information content (AvgIpc) is 2.57. The Kier molecular flexibility index (Phi) is 2.76. The van der Waals surface area contributed by atoms with Crippen LogP contribution in [0.5, 0.6) is 0 Å². The lowest BCUT2D eigenvalue weighted by Crippen LogP contribution is -2.13. The number of hydrogen-bond acceptors (Lipinski definition) is 4. The van der Waals surface area contributed by atoms with Crippen molar-refractivity contribution in [3.05, 3.63) is 23.8 Å². The predicted molar refractivity (Wildman–Crippen MR) is 69.7 cm³/mol. The van der Waals surface area contributed by atoms with Crippen LogP contribution in [-0.4, -0.2) is 13.4 Å². The van der Waals surface area contributed by atoms with Crippen LogP contribution >= 0.6 is 11.3 Å². The zero-order valence-corrected chi connectivity index (χ0v) is 11.5. The molecular weight excluding hydrogens is 256 g/mol. The highest BCUT2D eigenvalue weighted by atomic mass is 32.2. The number of primary sulfonamides is 1. The number of nitrogens with two attached hydrogens (primary N) is 1. The van der Waals surface area contributed by atoms with Gasteiger partial charge in [0, 0.05) is 0 Å². The molecule has 17 heavy (non-hydrogen) atoms. The van der Waals surface area contributed by atoms with Crippen molar-refractivity contribution in [3.63, 3.8) is 0 Å². The Balaban J connectivity index is 2.79. The normalized spacial score (nSPS) is 13.2. The standard InChI is InChI=1S/C11H14N2O2S2/c1-11(2,3)7-5-4-6-8-9(7)13-10(16-8)17(12,14)15/h4-6H,1-3H3,(H2,12,14,15). The largest absolute Gasteiger partial charge is 0.265 e. The van der Waals surface area contributed by atoms with Gasteiger partial charge in [0.2, 0.25) is 4.34 Å². The van der Waals surface area contributed by atoms with Gasteiger partial charge in [-0.15, -0.1) is 11.3 Å². The SMILES string of the molecule is CC(C)(C)c1cccc2sc(S(N)(=O)=O)nc12. The lowest BCUT2D eigenvalue weighted by atomic mass is 9.86. The summed E-state index contributed by atoms with van der Waals surface area (Å²) in [6.45, 7) is 6.20. The number of aromatic nitrogens is 1. The maximum Gasteiger partial charge on any atom is 0.265 e. The van der Waals surface area contributed by atoms with Crippen LogP contribution in [0.2, 0.25) is 0 Å². The molecule has 1 aromatic heterocycles. The van der Waals surface area contributed by atoms with Gasteiger partial charge in [0.05, 0.1) is 10.2 Å². The van der Waals surface area contributed by atoms with Gasteiger partial charge in [-0.25, -0.2) is 18.5 Å². The van der Waals surface area contributed by atoms with Gasteiger partial charge in [-0.05, 0) is 17.0 Å². The first-order chi connectivity index (χ1) is 7.69. The number of thiazole rings is 1. The number of para-hydroxylation sites is 1. The summed E-state index contributed by atoms with van der Waals surface area (Å²) in [4.78, 5) is 4.16. The summed E-state index contributed by atoms with van der Waals surface area (Å²) in [5.41, 5.74) is 1.68. The van der Waals surface area contributed by atoms with Gasteiger partial charge < -0.3 is 0 Å². The molecule has 0 aliphatic heterocycles. The molecule has 2 N–H and O–H groups in total. The van der Waals surface area contributed by atoms with Gasteiger partial charge in [0.15, 0.2) is 0 Å². The number of hydrogen-bond donors (Lipinski definition) is 1. The Bertz CT molecular complexity index is 666. The molecule has 0 fully saturated rings. The molecule has 0 spiro atoms. The molecular formula is C11H14N2O2S2. The van der Waals surface area contributed by atoms with Gasteiger partial charge in [0.1, 0.15) is 0 Å². The van der Waals surface area contributed by atoms with E-state index in [0.29, 0.717) is 0 Å². The first-order valence-electron chi connectivity index (χ1n) is 5.12. The van der Waals surface area contributed by atoms with Crippen molar-refractivity contribution in [1.29, 1.82) is 0 Å².